The predicted molar refractivity (Wildman–Crippen MR) is 116 cm³/mol. The van der Waals surface area contributed by atoms with E-state index in [0.717, 1.165) is 36.1 Å². The van der Waals surface area contributed by atoms with Gasteiger partial charge in [-0.3, -0.25) is 4.79 Å². The zero-order valence-electron chi connectivity index (χ0n) is 19.1. The van der Waals surface area contributed by atoms with E-state index < -0.39 is 18.5 Å². The largest absolute Gasteiger partial charge is 0.397 e. The van der Waals surface area contributed by atoms with Crippen LogP contribution in [-0.4, -0.2) is 53.2 Å². The summed E-state index contributed by atoms with van der Waals surface area (Å²) in [6.45, 7) is 7.68. The fourth-order valence-corrected chi connectivity index (χ4v) is 4.97. The maximum Gasteiger partial charge on any atom is 0.397 e. The van der Waals surface area contributed by atoms with Gasteiger partial charge in [-0.25, -0.2) is 4.98 Å². The molecule has 32 heavy (non-hydrogen) atoms. The van der Waals surface area contributed by atoms with Gasteiger partial charge in [0.05, 0.1) is 23.6 Å². The minimum atomic E-state index is -4.50. The van der Waals surface area contributed by atoms with Crippen molar-refractivity contribution >= 4 is 17.4 Å². The first kappa shape index (κ1) is 23.1. The highest BCUT2D eigenvalue weighted by molar-refractivity contribution is 5.78. The maximum atomic E-state index is 12.8. The lowest BCUT2D eigenvalue weighted by Crippen LogP contribution is -2.56. The van der Waals surface area contributed by atoms with Crippen LogP contribution in [0.25, 0.3) is 0 Å². The van der Waals surface area contributed by atoms with Gasteiger partial charge < -0.3 is 20.3 Å². The molecule has 1 aromatic heterocycles. The number of hydrogen-bond acceptors (Lipinski definition) is 5. The van der Waals surface area contributed by atoms with Crippen molar-refractivity contribution in [3.8, 4) is 0 Å². The highest BCUT2D eigenvalue weighted by atomic mass is 19.4. The Morgan fingerprint density at radius 3 is 2.59 bits per heavy atom. The van der Waals surface area contributed by atoms with Crippen LogP contribution >= 0.6 is 0 Å². The Balaban J connectivity index is 1.63. The number of carbonyl (C=O) groups excluding carboxylic acids is 1. The van der Waals surface area contributed by atoms with Crippen molar-refractivity contribution in [2.75, 3.05) is 30.3 Å². The first-order valence-electron chi connectivity index (χ1n) is 11.6. The van der Waals surface area contributed by atoms with E-state index in [1.165, 1.54) is 4.90 Å². The molecule has 1 saturated heterocycles. The molecule has 2 aliphatic heterocycles. The minimum Gasteiger partial charge on any atom is -0.395 e. The number of carbonyl (C=O) groups is 1. The van der Waals surface area contributed by atoms with Crippen LogP contribution < -0.4 is 10.6 Å². The van der Waals surface area contributed by atoms with Crippen LogP contribution in [0.15, 0.2) is 0 Å². The molecule has 3 aliphatic rings. The SMILES string of the molecule is CCC[C@@H]1CN(c2nc(C3CC3)c3c(c2N)CC(C)(C)OC3)CCN1C(=O)CC(F)(F)F. The van der Waals surface area contributed by atoms with E-state index in [0.29, 0.717) is 50.0 Å². The molecule has 1 saturated carbocycles. The molecule has 2 fully saturated rings. The second-order valence-corrected chi connectivity index (χ2v) is 9.96. The summed E-state index contributed by atoms with van der Waals surface area (Å²) in [4.78, 5) is 20.8. The van der Waals surface area contributed by atoms with Crippen molar-refractivity contribution in [2.24, 2.45) is 0 Å². The normalized spacial score (nSPS) is 23.2. The molecule has 0 spiro atoms. The Morgan fingerprint density at radius 2 is 1.97 bits per heavy atom. The Bertz CT molecular complexity index is 883. The molecular weight excluding hydrogens is 421 g/mol. The molecule has 1 atom stereocenters. The summed E-state index contributed by atoms with van der Waals surface area (Å²) >= 11 is 0. The van der Waals surface area contributed by atoms with E-state index in [1.54, 1.807) is 0 Å². The number of nitrogens with zero attached hydrogens (tertiary/aromatic N) is 3. The van der Waals surface area contributed by atoms with Gasteiger partial charge in [0.2, 0.25) is 5.91 Å². The van der Waals surface area contributed by atoms with Crippen molar-refractivity contribution in [3.63, 3.8) is 0 Å². The van der Waals surface area contributed by atoms with Gasteiger partial charge in [-0.05, 0) is 38.7 Å². The number of ether oxygens (including phenoxy) is 1. The van der Waals surface area contributed by atoms with Gasteiger partial charge in [0.15, 0.2) is 5.82 Å². The third-order valence-corrected chi connectivity index (χ3v) is 6.72. The van der Waals surface area contributed by atoms with Gasteiger partial charge in [-0.1, -0.05) is 13.3 Å². The molecule has 6 nitrogen and oxygen atoms in total. The highest BCUT2D eigenvalue weighted by Crippen LogP contribution is 2.46. The maximum absolute atomic E-state index is 12.8. The highest BCUT2D eigenvalue weighted by Gasteiger charge is 2.40. The second kappa shape index (κ2) is 8.39. The number of rotatable bonds is 5. The van der Waals surface area contributed by atoms with Gasteiger partial charge in [0.1, 0.15) is 6.42 Å². The Hall–Kier alpha value is -2.03. The van der Waals surface area contributed by atoms with E-state index in [9.17, 15) is 18.0 Å². The van der Waals surface area contributed by atoms with E-state index >= 15 is 0 Å². The average Bonchev–Trinajstić information content (AvgIpc) is 3.52. The Morgan fingerprint density at radius 1 is 1.25 bits per heavy atom. The minimum absolute atomic E-state index is 0.241. The van der Waals surface area contributed by atoms with Crippen LogP contribution in [0.3, 0.4) is 0 Å². The molecule has 0 radical (unpaired) electrons. The van der Waals surface area contributed by atoms with Gasteiger partial charge in [0, 0.05) is 43.6 Å². The van der Waals surface area contributed by atoms with Crippen LogP contribution in [0.1, 0.15) is 75.6 Å². The van der Waals surface area contributed by atoms with Crippen LogP contribution in [0, 0.1) is 0 Å². The van der Waals surface area contributed by atoms with Crippen LogP contribution in [0.4, 0.5) is 24.7 Å². The third kappa shape index (κ3) is 4.82. The lowest BCUT2D eigenvalue weighted by Gasteiger charge is -2.43. The van der Waals surface area contributed by atoms with E-state index in [-0.39, 0.29) is 18.2 Å². The number of anilines is 2. The average molecular weight is 455 g/mol. The number of pyridine rings is 1. The number of nitrogen functional groups attached to an aromatic ring is 1. The monoisotopic (exact) mass is 454 g/mol. The summed E-state index contributed by atoms with van der Waals surface area (Å²) in [6, 6.07) is -0.287. The summed E-state index contributed by atoms with van der Waals surface area (Å²) in [5.41, 5.74) is 10.2. The smallest absolute Gasteiger partial charge is 0.395 e. The molecule has 0 unspecified atom stereocenters. The zero-order valence-corrected chi connectivity index (χ0v) is 19.1. The fraction of sp³-hybridized carbons (Fsp3) is 0.739. The van der Waals surface area contributed by atoms with E-state index in [1.807, 2.05) is 6.92 Å². The predicted octanol–water partition coefficient (Wildman–Crippen LogP) is 4.16. The number of hydrogen-bond donors (Lipinski definition) is 1. The van der Waals surface area contributed by atoms with Gasteiger partial charge in [0.25, 0.3) is 0 Å². The van der Waals surface area contributed by atoms with Gasteiger partial charge in [-0.15, -0.1) is 0 Å². The molecule has 0 bridgehead atoms. The topological polar surface area (TPSA) is 71.7 Å². The van der Waals surface area contributed by atoms with Gasteiger partial charge in [-0.2, -0.15) is 13.2 Å². The molecule has 1 aliphatic carbocycles. The number of alkyl halides is 3. The van der Waals surface area contributed by atoms with E-state index in [4.69, 9.17) is 15.5 Å². The van der Waals surface area contributed by atoms with Crippen LogP contribution in [0.5, 0.6) is 0 Å². The van der Waals surface area contributed by atoms with Crippen LogP contribution in [0.2, 0.25) is 0 Å². The molecule has 4 rings (SSSR count). The molecule has 3 heterocycles. The number of piperazine rings is 1. The first-order chi connectivity index (χ1) is 15.0. The number of nitrogens with two attached hydrogens (primary N) is 1. The summed E-state index contributed by atoms with van der Waals surface area (Å²) in [7, 11) is 0. The molecular formula is C23H33F3N4O2. The second-order valence-electron chi connectivity index (χ2n) is 9.96. The van der Waals surface area contributed by atoms with E-state index in [2.05, 4.69) is 18.7 Å². The summed E-state index contributed by atoms with van der Waals surface area (Å²) < 4.78 is 44.5. The summed E-state index contributed by atoms with van der Waals surface area (Å²) in [5, 5.41) is 0. The zero-order chi connectivity index (χ0) is 23.3. The lowest BCUT2D eigenvalue weighted by atomic mass is 9.89. The van der Waals surface area contributed by atoms with Crippen molar-refractivity contribution < 1.29 is 22.7 Å². The number of amides is 1. The molecule has 178 valence electrons. The van der Waals surface area contributed by atoms with Crippen LogP contribution in [-0.2, 0) is 22.6 Å². The third-order valence-electron chi connectivity index (χ3n) is 6.72. The van der Waals surface area contributed by atoms with Crippen molar-refractivity contribution in [3.05, 3.63) is 16.8 Å². The molecule has 1 amide bonds. The Kier molecular flexibility index (Phi) is 6.07. The standard InChI is InChI=1S/C23H33F3N4O2/c1-4-5-15-12-29(8-9-30(15)18(31)11-23(24,25)26)21-19(27)16-10-22(2,3)32-13-17(16)20(28-21)14-6-7-14/h14-15H,4-13,27H2,1-3H3/t15-/m1/s1. The van der Waals surface area contributed by atoms with Crippen molar-refractivity contribution in [1.82, 2.24) is 9.88 Å². The molecule has 9 heteroatoms. The number of halogens is 3. The van der Waals surface area contributed by atoms with Gasteiger partial charge >= 0.3 is 6.18 Å². The Labute approximate surface area is 187 Å². The fourth-order valence-electron chi connectivity index (χ4n) is 4.97. The van der Waals surface area contributed by atoms with Crippen molar-refractivity contribution in [2.45, 2.75) is 89.6 Å². The molecule has 2 N–H and O–H groups in total. The van der Waals surface area contributed by atoms with Crippen molar-refractivity contribution in [1.29, 1.82) is 0 Å². The molecule has 1 aromatic rings. The number of fused-ring (bicyclic) bond motifs is 1. The quantitative estimate of drug-likeness (QED) is 0.723. The first-order valence-corrected chi connectivity index (χ1v) is 11.6. The molecule has 0 aromatic carbocycles. The lowest BCUT2D eigenvalue weighted by molar-refractivity contribution is -0.163. The summed E-state index contributed by atoms with van der Waals surface area (Å²) in [6.07, 6.45) is -1.58. The summed E-state index contributed by atoms with van der Waals surface area (Å²) in [5.74, 6) is 0.293. The number of aromatic nitrogens is 1.